The number of likely N-dealkylation sites (N-methyl/N-ethyl adjacent to an activating group) is 1. The third-order valence-electron chi connectivity index (χ3n) is 9.66. The number of hydrazine groups is 1. The van der Waals surface area contributed by atoms with E-state index in [-0.39, 0.29) is 42.2 Å². The molecule has 38 heavy (non-hydrogen) atoms. The van der Waals surface area contributed by atoms with Crippen LogP contribution in [0.5, 0.6) is 0 Å². The molecule has 206 valence electrons. The molecule has 1 aromatic rings. The predicted molar refractivity (Wildman–Crippen MR) is 147 cm³/mol. The topological polar surface area (TPSA) is 84.1 Å². The van der Waals surface area contributed by atoms with E-state index in [1.807, 2.05) is 5.01 Å². The maximum Gasteiger partial charge on any atom is 0.244 e. The average molecular weight is 522 g/mol. The van der Waals surface area contributed by atoms with Crippen molar-refractivity contribution in [1.29, 1.82) is 0 Å². The molecule has 4 fully saturated rings. The average Bonchev–Trinajstić information content (AvgIpc) is 3.68. The van der Waals surface area contributed by atoms with Crippen LogP contribution in [0, 0.1) is 5.92 Å². The van der Waals surface area contributed by atoms with E-state index in [4.69, 9.17) is 4.74 Å². The summed E-state index contributed by atoms with van der Waals surface area (Å²) in [6.07, 6.45) is 14.3. The Kier molecular flexibility index (Phi) is 6.70. The Morgan fingerprint density at radius 2 is 2.03 bits per heavy atom. The molecule has 5 aliphatic heterocycles. The third-order valence-corrected chi connectivity index (χ3v) is 9.66. The molecule has 1 aliphatic carbocycles. The molecule has 9 nitrogen and oxygen atoms in total. The first-order chi connectivity index (χ1) is 18.6. The number of nitrogens with zero attached hydrogens (tertiary/aromatic N) is 3. The zero-order valence-corrected chi connectivity index (χ0v) is 22.6. The molecule has 3 saturated heterocycles. The number of anilines is 1. The van der Waals surface area contributed by atoms with Gasteiger partial charge in [-0.25, -0.2) is 0 Å². The summed E-state index contributed by atoms with van der Waals surface area (Å²) in [5.41, 5.74) is 4.37. The Labute approximate surface area is 226 Å². The number of benzene rings is 1. The first kappa shape index (κ1) is 25.0. The summed E-state index contributed by atoms with van der Waals surface area (Å²) in [4.78, 5) is 16.2. The van der Waals surface area contributed by atoms with Crippen molar-refractivity contribution >= 4 is 11.6 Å². The molecular weight excluding hydrogens is 478 g/mol. The van der Waals surface area contributed by atoms with Gasteiger partial charge in [-0.3, -0.25) is 30.7 Å². The van der Waals surface area contributed by atoms with Crippen molar-refractivity contribution in [3.8, 4) is 0 Å². The number of rotatable bonds is 2. The van der Waals surface area contributed by atoms with Crippen molar-refractivity contribution in [2.45, 2.75) is 88.2 Å². The number of carbonyl (C=O) groups excluding carboxylic acids is 1. The van der Waals surface area contributed by atoms with Crippen LogP contribution in [-0.2, 0) is 21.5 Å². The molecule has 0 radical (unpaired) electrons. The number of carbonyl (C=O) groups is 1. The molecule has 5 atom stereocenters. The van der Waals surface area contributed by atoms with Gasteiger partial charge in [0.25, 0.3) is 0 Å². The Morgan fingerprint density at radius 3 is 2.92 bits per heavy atom. The molecule has 1 saturated carbocycles. The van der Waals surface area contributed by atoms with Crippen molar-refractivity contribution in [2.24, 2.45) is 5.92 Å². The van der Waals surface area contributed by atoms with Crippen molar-refractivity contribution in [3.05, 3.63) is 41.5 Å². The minimum absolute atomic E-state index is 0.0532. The summed E-state index contributed by atoms with van der Waals surface area (Å²) < 4.78 is 6.20. The maximum atomic E-state index is 13.6. The maximum absolute atomic E-state index is 13.6. The monoisotopic (exact) mass is 521 g/mol. The molecule has 6 aliphatic rings. The lowest BCUT2D eigenvalue weighted by Crippen LogP contribution is -2.68. The number of nitrogens with one attached hydrogen (secondary N) is 4. The van der Waals surface area contributed by atoms with E-state index in [1.54, 1.807) is 0 Å². The number of fused-ring (bicyclic) bond motifs is 8. The van der Waals surface area contributed by atoms with Gasteiger partial charge in [0.2, 0.25) is 5.91 Å². The molecule has 9 heteroatoms. The molecule has 2 bridgehead atoms. The van der Waals surface area contributed by atoms with Crippen LogP contribution in [0.1, 0.15) is 62.5 Å². The minimum atomic E-state index is -0.121. The van der Waals surface area contributed by atoms with Gasteiger partial charge < -0.3 is 10.1 Å². The Hall–Kier alpha value is -2.01. The van der Waals surface area contributed by atoms with E-state index in [9.17, 15) is 4.79 Å². The molecule has 1 amide bonds. The molecule has 1 aromatic carbocycles. The summed E-state index contributed by atoms with van der Waals surface area (Å²) in [6, 6.07) is 6.90. The summed E-state index contributed by atoms with van der Waals surface area (Å²) in [7, 11) is 2.27. The highest BCUT2D eigenvalue weighted by molar-refractivity contribution is 5.82. The molecule has 7 rings (SSSR count). The molecule has 0 aromatic heterocycles. The highest BCUT2D eigenvalue weighted by Crippen LogP contribution is 2.53. The smallest absolute Gasteiger partial charge is 0.244 e. The number of allylic oxidation sites excluding steroid dienone is 1. The van der Waals surface area contributed by atoms with Crippen LogP contribution in [0.15, 0.2) is 30.4 Å². The number of amides is 1. The van der Waals surface area contributed by atoms with E-state index in [0.717, 1.165) is 63.8 Å². The second-order valence-electron chi connectivity index (χ2n) is 12.0. The summed E-state index contributed by atoms with van der Waals surface area (Å²) in [5, 5.41) is 19.1. The first-order valence-corrected chi connectivity index (χ1v) is 14.9. The van der Waals surface area contributed by atoms with Crippen molar-refractivity contribution in [3.63, 3.8) is 0 Å². The molecule has 5 heterocycles. The highest BCUT2D eigenvalue weighted by Gasteiger charge is 2.53. The van der Waals surface area contributed by atoms with Crippen LogP contribution < -0.4 is 21.3 Å². The molecule has 1 spiro atoms. The van der Waals surface area contributed by atoms with E-state index in [1.165, 1.54) is 24.0 Å². The van der Waals surface area contributed by atoms with Gasteiger partial charge in [-0.1, -0.05) is 18.2 Å². The standard InChI is InChI=1S/C29H43N7O2/c1-34-16-12-20-10-11-21(18-23(20)29(34)13-14-29)31-28-30-19-22-26(33-28)36-24-8-7-9-25(32-24)38-17-6-4-2-3-5-15-35(36)27(22)37/h3,5,10-11,18,22,24-26,28,30-33H,2,4,6-9,12-17,19H2,1H3/b5-3+. The van der Waals surface area contributed by atoms with E-state index < -0.39 is 0 Å². The van der Waals surface area contributed by atoms with Gasteiger partial charge in [0, 0.05) is 30.9 Å². The Bertz CT molecular complexity index is 1080. The Morgan fingerprint density at radius 1 is 1.11 bits per heavy atom. The zero-order valence-electron chi connectivity index (χ0n) is 22.6. The lowest BCUT2D eigenvalue weighted by atomic mass is 9.90. The minimum Gasteiger partial charge on any atom is -0.363 e. The second kappa shape index (κ2) is 10.2. The quantitative estimate of drug-likeness (QED) is 0.441. The van der Waals surface area contributed by atoms with Crippen molar-refractivity contribution < 1.29 is 9.53 Å². The fraction of sp³-hybridized carbons (Fsp3) is 0.690. The summed E-state index contributed by atoms with van der Waals surface area (Å²) in [6.45, 7) is 3.20. The van der Waals surface area contributed by atoms with E-state index >= 15 is 0 Å². The van der Waals surface area contributed by atoms with Crippen LogP contribution in [-0.4, -0.2) is 79.0 Å². The van der Waals surface area contributed by atoms with Crippen molar-refractivity contribution in [1.82, 2.24) is 30.9 Å². The fourth-order valence-electron chi connectivity index (χ4n) is 7.34. The van der Waals surface area contributed by atoms with Crippen LogP contribution in [0.25, 0.3) is 0 Å². The summed E-state index contributed by atoms with van der Waals surface area (Å²) >= 11 is 0. The van der Waals surface area contributed by atoms with E-state index in [2.05, 4.69) is 68.6 Å². The van der Waals surface area contributed by atoms with Gasteiger partial charge in [0.1, 0.15) is 12.5 Å². The summed E-state index contributed by atoms with van der Waals surface area (Å²) in [5.74, 6) is 0.0784. The Balaban J connectivity index is 1.11. The van der Waals surface area contributed by atoms with Gasteiger partial charge >= 0.3 is 0 Å². The number of hydrogen-bond donors (Lipinski definition) is 4. The zero-order chi connectivity index (χ0) is 25.7. The van der Waals surface area contributed by atoms with E-state index in [0.29, 0.717) is 13.1 Å². The SMILES string of the molecule is CN1CCc2ccc(NC3NCC4C(=O)N5C/C=C/CCCCOC6CCCC(N6)N5C4N3)cc2C12CC2. The second-order valence-corrected chi connectivity index (χ2v) is 12.0. The van der Waals surface area contributed by atoms with Gasteiger partial charge in [-0.15, -0.1) is 0 Å². The fourth-order valence-corrected chi connectivity index (χ4v) is 7.34. The predicted octanol–water partition coefficient (Wildman–Crippen LogP) is 2.24. The lowest BCUT2D eigenvalue weighted by molar-refractivity contribution is -0.148. The molecule has 4 N–H and O–H groups in total. The molecule has 5 unspecified atom stereocenters. The lowest BCUT2D eigenvalue weighted by Gasteiger charge is -2.44. The highest BCUT2D eigenvalue weighted by atomic mass is 16.5. The van der Waals surface area contributed by atoms with Gasteiger partial charge in [0.05, 0.1) is 24.8 Å². The van der Waals surface area contributed by atoms with Crippen LogP contribution in [0.2, 0.25) is 0 Å². The number of hydrogen-bond acceptors (Lipinski definition) is 8. The molecular formula is C29H43N7O2. The van der Waals surface area contributed by atoms with Gasteiger partial charge in [0.15, 0.2) is 0 Å². The largest absolute Gasteiger partial charge is 0.363 e. The van der Waals surface area contributed by atoms with Gasteiger partial charge in [-0.05, 0) is 88.1 Å². The first-order valence-electron chi connectivity index (χ1n) is 14.9. The van der Waals surface area contributed by atoms with Gasteiger partial charge in [-0.2, -0.15) is 5.01 Å². The number of ether oxygens (including phenoxy) is 1. The van der Waals surface area contributed by atoms with Crippen LogP contribution in [0.4, 0.5) is 5.69 Å². The van der Waals surface area contributed by atoms with Crippen LogP contribution >= 0.6 is 0 Å². The normalized spacial score (nSPS) is 36.3. The van der Waals surface area contributed by atoms with Crippen molar-refractivity contribution in [2.75, 3.05) is 38.6 Å². The number of piperidine rings is 1. The van der Waals surface area contributed by atoms with Crippen LogP contribution in [0.3, 0.4) is 0 Å². The third kappa shape index (κ3) is 4.47.